The number of hydrogen-bond donors (Lipinski definition) is 0. The molecule has 2 aromatic carbocycles. The highest BCUT2D eigenvalue weighted by atomic mass is 32.1. The van der Waals surface area contributed by atoms with Crippen molar-refractivity contribution in [3.63, 3.8) is 0 Å². The molecule has 1 heterocycles. The molecule has 5 heteroatoms. The van der Waals surface area contributed by atoms with Gasteiger partial charge in [-0.1, -0.05) is 35.9 Å². The molecule has 0 saturated carbocycles. The summed E-state index contributed by atoms with van der Waals surface area (Å²) in [7, 11) is 4.85. The van der Waals surface area contributed by atoms with Gasteiger partial charge in [0.1, 0.15) is 5.01 Å². The monoisotopic (exact) mass is 381 g/mol. The maximum Gasteiger partial charge on any atom is 0.203 e. The largest absolute Gasteiger partial charge is 0.493 e. The van der Waals surface area contributed by atoms with E-state index < -0.39 is 0 Å². The highest BCUT2D eigenvalue weighted by molar-refractivity contribution is 7.13. The minimum absolute atomic E-state index is 0.583. The standard InChI is InChI=1S/C22H23NO3S/c1-14(2)20(16-11-18(24-3)21(26-5)19(12-16)25-4)17-13-27-22(23-17)15-9-7-6-8-10-15/h6-13H,1-5H3. The van der Waals surface area contributed by atoms with Gasteiger partial charge in [-0.3, -0.25) is 0 Å². The first kappa shape index (κ1) is 19.0. The van der Waals surface area contributed by atoms with E-state index in [1.54, 1.807) is 32.7 Å². The van der Waals surface area contributed by atoms with E-state index in [0.717, 1.165) is 33.0 Å². The van der Waals surface area contributed by atoms with Crippen molar-refractivity contribution >= 4 is 16.9 Å². The Morgan fingerprint density at radius 1 is 0.889 bits per heavy atom. The van der Waals surface area contributed by atoms with Crippen LogP contribution in [0.2, 0.25) is 0 Å². The number of hydrogen-bond acceptors (Lipinski definition) is 5. The van der Waals surface area contributed by atoms with Crippen LogP contribution in [0.1, 0.15) is 25.1 Å². The van der Waals surface area contributed by atoms with Crippen LogP contribution in [0, 0.1) is 0 Å². The Balaban J connectivity index is 2.11. The number of ether oxygens (including phenoxy) is 3. The fourth-order valence-electron chi connectivity index (χ4n) is 3.02. The fraction of sp³-hybridized carbons (Fsp3) is 0.227. The topological polar surface area (TPSA) is 40.6 Å². The van der Waals surface area contributed by atoms with Gasteiger partial charge < -0.3 is 14.2 Å². The van der Waals surface area contributed by atoms with E-state index in [4.69, 9.17) is 19.2 Å². The predicted octanol–water partition coefficient (Wildman–Crippen LogP) is 5.68. The molecule has 0 unspecified atom stereocenters. The minimum atomic E-state index is 0.583. The van der Waals surface area contributed by atoms with E-state index in [2.05, 4.69) is 31.4 Å². The summed E-state index contributed by atoms with van der Waals surface area (Å²) in [6, 6.07) is 14.1. The van der Waals surface area contributed by atoms with Crippen LogP contribution in [0.3, 0.4) is 0 Å². The fourth-order valence-corrected chi connectivity index (χ4v) is 3.84. The predicted molar refractivity (Wildman–Crippen MR) is 111 cm³/mol. The molecule has 0 aliphatic rings. The van der Waals surface area contributed by atoms with Crippen LogP contribution in [0.25, 0.3) is 16.1 Å². The molecule has 0 amide bonds. The smallest absolute Gasteiger partial charge is 0.203 e. The second-order valence-electron chi connectivity index (χ2n) is 6.19. The van der Waals surface area contributed by atoms with Gasteiger partial charge in [-0.15, -0.1) is 11.3 Å². The summed E-state index contributed by atoms with van der Waals surface area (Å²) in [5.74, 6) is 1.84. The number of thiazole rings is 1. The summed E-state index contributed by atoms with van der Waals surface area (Å²) in [6.07, 6.45) is 0. The van der Waals surface area contributed by atoms with Gasteiger partial charge in [-0.25, -0.2) is 4.98 Å². The lowest BCUT2D eigenvalue weighted by atomic mass is 9.98. The van der Waals surface area contributed by atoms with Crippen LogP contribution in [0.5, 0.6) is 17.2 Å². The normalized spacial score (nSPS) is 10.4. The van der Waals surface area contributed by atoms with E-state index in [1.807, 2.05) is 30.3 Å². The summed E-state index contributed by atoms with van der Waals surface area (Å²) < 4.78 is 16.5. The maximum absolute atomic E-state index is 5.51. The quantitative estimate of drug-likeness (QED) is 0.551. The lowest BCUT2D eigenvalue weighted by molar-refractivity contribution is 0.324. The van der Waals surface area contributed by atoms with Gasteiger partial charge in [0.2, 0.25) is 5.75 Å². The van der Waals surface area contributed by atoms with Gasteiger partial charge in [0.05, 0.1) is 27.0 Å². The Hall–Kier alpha value is -2.79. The zero-order valence-electron chi connectivity index (χ0n) is 16.2. The molecular formula is C22H23NO3S. The molecule has 0 N–H and O–H groups in total. The number of nitrogens with zero attached hydrogens (tertiary/aromatic N) is 1. The highest BCUT2D eigenvalue weighted by Gasteiger charge is 2.18. The third kappa shape index (κ3) is 3.83. The molecule has 27 heavy (non-hydrogen) atoms. The molecule has 0 spiro atoms. The molecule has 140 valence electrons. The molecule has 3 rings (SSSR count). The van der Waals surface area contributed by atoms with Crippen molar-refractivity contribution in [3.05, 3.63) is 64.7 Å². The Morgan fingerprint density at radius 2 is 1.52 bits per heavy atom. The van der Waals surface area contributed by atoms with Crippen molar-refractivity contribution in [3.8, 4) is 27.8 Å². The van der Waals surface area contributed by atoms with Crippen molar-refractivity contribution in [2.24, 2.45) is 0 Å². The molecular weight excluding hydrogens is 358 g/mol. The average molecular weight is 381 g/mol. The second kappa shape index (κ2) is 8.27. The molecule has 0 aliphatic carbocycles. The molecule has 0 saturated heterocycles. The van der Waals surface area contributed by atoms with E-state index >= 15 is 0 Å². The third-order valence-electron chi connectivity index (χ3n) is 4.23. The molecule has 0 radical (unpaired) electrons. The maximum atomic E-state index is 5.51. The minimum Gasteiger partial charge on any atom is -0.493 e. The number of rotatable bonds is 6. The van der Waals surface area contributed by atoms with Crippen LogP contribution in [0.4, 0.5) is 0 Å². The summed E-state index contributed by atoms with van der Waals surface area (Å²) >= 11 is 1.64. The van der Waals surface area contributed by atoms with Crippen molar-refractivity contribution in [2.75, 3.05) is 21.3 Å². The van der Waals surface area contributed by atoms with Crippen LogP contribution < -0.4 is 14.2 Å². The summed E-state index contributed by atoms with van der Waals surface area (Å²) in [5.41, 5.74) is 5.26. The number of benzene rings is 2. The molecule has 4 nitrogen and oxygen atoms in total. The van der Waals surface area contributed by atoms with Crippen molar-refractivity contribution in [2.45, 2.75) is 13.8 Å². The molecule has 0 bridgehead atoms. The van der Waals surface area contributed by atoms with Gasteiger partial charge in [-0.05, 0) is 31.5 Å². The summed E-state index contributed by atoms with van der Waals surface area (Å²) in [4.78, 5) is 4.88. The summed E-state index contributed by atoms with van der Waals surface area (Å²) in [5, 5.41) is 3.09. The third-order valence-corrected chi connectivity index (χ3v) is 5.13. The zero-order valence-corrected chi connectivity index (χ0v) is 17.0. The van der Waals surface area contributed by atoms with Gasteiger partial charge in [0, 0.05) is 16.5 Å². The average Bonchev–Trinajstić information content (AvgIpc) is 3.17. The van der Waals surface area contributed by atoms with E-state index in [1.165, 1.54) is 0 Å². The van der Waals surface area contributed by atoms with E-state index in [-0.39, 0.29) is 0 Å². The molecule has 3 aromatic rings. The van der Waals surface area contributed by atoms with Crippen molar-refractivity contribution < 1.29 is 14.2 Å². The van der Waals surface area contributed by atoms with Crippen LogP contribution in [-0.2, 0) is 0 Å². The molecule has 0 aliphatic heterocycles. The van der Waals surface area contributed by atoms with Crippen LogP contribution >= 0.6 is 11.3 Å². The first-order valence-corrected chi connectivity index (χ1v) is 9.46. The Morgan fingerprint density at radius 3 is 2.04 bits per heavy atom. The van der Waals surface area contributed by atoms with Gasteiger partial charge in [-0.2, -0.15) is 0 Å². The Labute approximate surface area is 164 Å². The highest BCUT2D eigenvalue weighted by Crippen LogP contribution is 2.42. The van der Waals surface area contributed by atoms with Gasteiger partial charge >= 0.3 is 0 Å². The zero-order chi connectivity index (χ0) is 19.4. The second-order valence-corrected chi connectivity index (χ2v) is 7.05. The lowest BCUT2D eigenvalue weighted by Gasteiger charge is -2.16. The summed E-state index contributed by atoms with van der Waals surface area (Å²) in [6.45, 7) is 4.17. The Kier molecular flexibility index (Phi) is 5.81. The number of allylic oxidation sites excluding steroid dienone is 1. The first-order chi connectivity index (χ1) is 13.1. The number of aromatic nitrogens is 1. The van der Waals surface area contributed by atoms with Crippen molar-refractivity contribution in [1.29, 1.82) is 0 Å². The first-order valence-electron chi connectivity index (χ1n) is 8.58. The van der Waals surface area contributed by atoms with Crippen LogP contribution in [0.15, 0.2) is 53.4 Å². The van der Waals surface area contributed by atoms with Crippen molar-refractivity contribution in [1.82, 2.24) is 4.98 Å². The SMILES string of the molecule is COc1cc(C(=C(C)C)c2csc(-c3ccccc3)n2)cc(OC)c1OC. The van der Waals surface area contributed by atoms with Crippen LogP contribution in [-0.4, -0.2) is 26.3 Å². The van der Waals surface area contributed by atoms with E-state index in [9.17, 15) is 0 Å². The van der Waals surface area contributed by atoms with E-state index in [0.29, 0.717) is 17.2 Å². The molecule has 0 fully saturated rings. The number of methoxy groups -OCH3 is 3. The lowest BCUT2D eigenvalue weighted by Crippen LogP contribution is -1.98. The van der Waals surface area contributed by atoms with Gasteiger partial charge in [0.15, 0.2) is 11.5 Å². The molecule has 1 aromatic heterocycles. The molecule has 0 atom stereocenters. The van der Waals surface area contributed by atoms with Gasteiger partial charge in [0.25, 0.3) is 0 Å². The Bertz CT molecular complexity index is 932.